The lowest BCUT2D eigenvalue weighted by atomic mass is 10.0. The first-order valence-electron chi connectivity index (χ1n) is 5.77. The Morgan fingerprint density at radius 1 is 1.20 bits per heavy atom. The Morgan fingerprint density at radius 2 is 1.75 bits per heavy atom. The van der Waals surface area contributed by atoms with Crippen molar-refractivity contribution in [2.45, 2.75) is 31.6 Å². The normalized spacial score (nSPS) is 14.7. The number of benzene rings is 1. The summed E-state index contributed by atoms with van der Waals surface area (Å²) in [6, 6.07) is 5.77. The van der Waals surface area contributed by atoms with Crippen molar-refractivity contribution in [1.82, 2.24) is 0 Å². The van der Waals surface area contributed by atoms with Crippen molar-refractivity contribution in [3.05, 3.63) is 34.9 Å². The number of rotatable bonds is 5. The van der Waals surface area contributed by atoms with Gasteiger partial charge in [0.15, 0.2) is 0 Å². The highest BCUT2D eigenvalue weighted by Crippen LogP contribution is 2.32. The highest BCUT2D eigenvalue weighted by Gasteiger charge is 2.39. The van der Waals surface area contributed by atoms with Gasteiger partial charge in [0, 0.05) is 11.4 Å². The molecule has 0 aliphatic rings. The molecule has 0 bridgehead atoms. The van der Waals surface area contributed by atoms with Crippen molar-refractivity contribution in [2.24, 2.45) is 0 Å². The molecule has 0 spiro atoms. The maximum Gasteiger partial charge on any atom is 0.392 e. The van der Waals surface area contributed by atoms with Gasteiger partial charge in [-0.2, -0.15) is 13.2 Å². The van der Waals surface area contributed by atoms with Crippen molar-refractivity contribution in [2.75, 3.05) is 6.61 Å². The van der Waals surface area contributed by atoms with Crippen LogP contribution in [0.5, 0.6) is 0 Å². The van der Waals surface area contributed by atoms with Gasteiger partial charge in [-0.15, -0.1) is 0 Å². The summed E-state index contributed by atoms with van der Waals surface area (Å²) < 4.78 is 54.5. The molecule has 0 radical (unpaired) electrons. The van der Waals surface area contributed by atoms with Gasteiger partial charge in [-0.1, -0.05) is 11.6 Å². The fourth-order valence-corrected chi connectivity index (χ4v) is 1.66. The van der Waals surface area contributed by atoms with Crippen molar-refractivity contribution in [3.63, 3.8) is 0 Å². The number of carbonyl (C=O) groups is 1. The highest BCUT2D eigenvalue weighted by atomic mass is 35.5. The van der Waals surface area contributed by atoms with Gasteiger partial charge in [-0.05, 0) is 31.2 Å². The molecule has 0 aromatic heterocycles. The number of esters is 1. The van der Waals surface area contributed by atoms with Gasteiger partial charge in [0.25, 0.3) is 0 Å². The predicted molar refractivity (Wildman–Crippen MR) is 66.5 cm³/mol. The van der Waals surface area contributed by atoms with Gasteiger partial charge in [-0.25, -0.2) is 9.18 Å². The summed E-state index contributed by atoms with van der Waals surface area (Å²) in [5.41, 5.74) is -2.26. The fraction of sp³-hybridized carbons (Fsp3) is 0.462. The summed E-state index contributed by atoms with van der Waals surface area (Å²) in [7, 11) is 0. The molecule has 0 aliphatic carbocycles. The SMILES string of the molecule is CC(F)(CCOC(=O)c1ccc(Cl)cc1)CC(F)(F)F. The molecule has 0 amide bonds. The smallest absolute Gasteiger partial charge is 0.392 e. The number of hydrogen-bond donors (Lipinski definition) is 0. The highest BCUT2D eigenvalue weighted by molar-refractivity contribution is 6.30. The van der Waals surface area contributed by atoms with Crippen LogP contribution in [0.4, 0.5) is 17.6 Å². The molecule has 1 unspecified atom stereocenters. The minimum absolute atomic E-state index is 0.200. The topological polar surface area (TPSA) is 26.3 Å². The summed E-state index contributed by atoms with van der Waals surface area (Å²) >= 11 is 5.63. The molecule has 1 rings (SSSR count). The van der Waals surface area contributed by atoms with Crippen LogP contribution in [0, 0.1) is 0 Å². The molecule has 0 saturated carbocycles. The van der Waals surface area contributed by atoms with Crippen LogP contribution in [0.2, 0.25) is 5.02 Å². The van der Waals surface area contributed by atoms with E-state index in [1.165, 1.54) is 24.3 Å². The zero-order chi connectivity index (χ0) is 15.4. The third-order valence-corrected chi connectivity index (χ3v) is 2.76. The molecule has 1 aromatic carbocycles. The van der Waals surface area contributed by atoms with E-state index in [0.29, 0.717) is 5.02 Å². The van der Waals surface area contributed by atoms with Gasteiger partial charge < -0.3 is 4.74 Å². The number of alkyl halides is 4. The Hall–Kier alpha value is -1.30. The Kier molecular flexibility index (Phi) is 5.39. The Morgan fingerprint density at radius 3 is 2.25 bits per heavy atom. The third kappa shape index (κ3) is 6.23. The molecule has 7 heteroatoms. The molecule has 1 aromatic rings. The van der Waals surface area contributed by atoms with Crippen molar-refractivity contribution in [3.8, 4) is 0 Å². The molecule has 0 aliphatic heterocycles. The monoisotopic (exact) mass is 312 g/mol. The van der Waals surface area contributed by atoms with Gasteiger partial charge in [0.05, 0.1) is 18.6 Å². The Labute approximate surface area is 118 Å². The predicted octanol–water partition coefficient (Wildman–Crippen LogP) is 4.57. The summed E-state index contributed by atoms with van der Waals surface area (Å²) in [6.45, 7) is 0.404. The van der Waals surface area contributed by atoms with E-state index >= 15 is 0 Å². The summed E-state index contributed by atoms with van der Waals surface area (Å²) in [5, 5.41) is 0.433. The van der Waals surface area contributed by atoms with Gasteiger partial charge >= 0.3 is 12.1 Å². The molecule has 20 heavy (non-hydrogen) atoms. The van der Waals surface area contributed by atoms with Gasteiger partial charge in [0.1, 0.15) is 5.67 Å². The van der Waals surface area contributed by atoms with E-state index in [0.717, 1.165) is 6.92 Å². The Bertz CT molecular complexity index is 454. The van der Waals surface area contributed by atoms with Gasteiger partial charge in [-0.3, -0.25) is 0 Å². The second kappa shape index (κ2) is 6.43. The van der Waals surface area contributed by atoms with Crippen molar-refractivity contribution >= 4 is 17.6 Å². The number of carbonyl (C=O) groups excluding carboxylic acids is 1. The fourth-order valence-electron chi connectivity index (χ4n) is 1.53. The lowest BCUT2D eigenvalue weighted by Gasteiger charge is -2.21. The average Bonchev–Trinajstić information content (AvgIpc) is 2.26. The molecular weight excluding hydrogens is 300 g/mol. The van der Waals surface area contributed by atoms with Crippen LogP contribution in [0.1, 0.15) is 30.1 Å². The molecule has 0 heterocycles. The zero-order valence-electron chi connectivity index (χ0n) is 10.6. The lowest BCUT2D eigenvalue weighted by Crippen LogP contribution is -2.28. The first-order valence-corrected chi connectivity index (χ1v) is 6.15. The van der Waals surface area contributed by atoms with E-state index < -0.39 is 37.3 Å². The molecule has 1 atom stereocenters. The maximum absolute atomic E-state index is 13.6. The van der Waals surface area contributed by atoms with E-state index in [4.69, 9.17) is 16.3 Å². The standard InChI is InChI=1S/C13H13ClF4O2/c1-12(15,8-13(16,17)18)6-7-20-11(19)9-2-4-10(14)5-3-9/h2-5H,6-8H2,1H3. The molecule has 112 valence electrons. The van der Waals surface area contributed by atoms with Crippen LogP contribution in [0.3, 0.4) is 0 Å². The molecule has 2 nitrogen and oxygen atoms in total. The average molecular weight is 313 g/mol. The molecular formula is C13H13ClF4O2. The lowest BCUT2D eigenvalue weighted by molar-refractivity contribution is -0.161. The molecule has 0 saturated heterocycles. The Balaban J connectivity index is 2.44. The van der Waals surface area contributed by atoms with E-state index in [9.17, 15) is 22.4 Å². The zero-order valence-corrected chi connectivity index (χ0v) is 11.4. The van der Waals surface area contributed by atoms with Crippen molar-refractivity contribution in [1.29, 1.82) is 0 Å². The molecule has 0 N–H and O–H groups in total. The summed E-state index contributed by atoms with van der Waals surface area (Å²) in [4.78, 5) is 11.5. The maximum atomic E-state index is 13.6. The minimum atomic E-state index is -4.59. The van der Waals surface area contributed by atoms with Crippen LogP contribution in [-0.4, -0.2) is 24.4 Å². The van der Waals surface area contributed by atoms with Crippen molar-refractivity contribution < 1.29 is 27.1 Å². The molecule has 0 fully saturated rings. The van der Waals surface area contributed by atoms with Crippen LogP contribution in [-0.2, 0) is 4.74 Å². The summed E-state index contributed by atoms with van der Waals surface area (Å²) in [5.74, 6) is -0.732. The van der Waals surface area contributed by atoms with Crippen LogP contribution >= 0.6 is 11.6 Å². The van der Waals surface area contributed by atoms with E-state index in [-0.39, 0.29) is 5.56 Å². The summed E-state index contributed by atoms with van der Waals surface area (Å²) in [6.07, 6.45) is -6.69. The number of ether oxygens (including phenoxy) is 1. The minimum Gasteiger partial charge on any atom is -0.462 e. The third-order valence-electron chi connectivity index (χ3n) is 2.51. The van der Waals surface area contributed by atoms with E-state index in [1.807, 2.05) is 0 Å². The van der Waals surface area contributed by atoms with Crippen LogP contribution in [0.15, 0.2) is 24.3 Å². The van der Waals surface area contributed by atoms with E-state index in [2.05, 4.69) is 0 Å². The number of hydrogen-bond acceptors (Lipinski definition) is 2. The quantitative estimate of drug-likeness (QED) is 0.588. The second-order valence-electron chi connectivity index (χ2n) is 4.60. The van der Waals surface area contributed by atoms with Crippen LogP contribution in [0.25, 0.3) is 0 Å². The van der Waals surface area contributed by atoms with Crippen LogP contribution < -0.4 is 0 Å². The number of halogens is 5. The first kappa shape index (κ1) is 16.8. The van der Waals surface area contributed by atoms with E-state index in [1.54, 1.807) is 0 Å². The van der Waals surface area contributed by atoms with Gasteiger partial charge in [0.2, 0.25) is 0 Å². The second-order valence-corrected chi connectivity index (χ2v) is 5.03. The largest absolute Gasteiger partial charge is 0.462 e. The first-order chi connectivity index (χ1) is 9.09.